The Morgan fingerprint density at radius 1 is 1.59 bits per heavy atom. The summed E-state index contributed by atoms with van der Waals surface area (Å²) in [7, 11) is 0. The molecule has 0 bridgehead atoms. The third-order valence-corrected chi connectivity index (χ3v) is 2.36. The lowest BCUT2D eigenvalue weighted by Crippen LogP contribution is -2.30. The summed E-state index contributed by atoms with van der Waals surface area (Å²) >= 11 is 0. The van der Waals surface area contributed by atoms with Gasteiger partial charge in [0.1, 0.15) is 6.26 Å². The van der Waals surface area contributed by atoms with Gasteiger partial charge in [-0.05, 0) is 20.3 Å². The number of oxazole rings is 1. The largest absolute Gasteiger partial charge is 0.446 e. The van der Waals surface area contributed by atoms with Crippen LogP contribution < -0.4 is 11.1 Å². The molecule has 1 unspecified atom stereocenters. The molecule has 1 aromatic heterocycles. The van der Waals surface area contributed by atoms with Crippen molar-refractivity contribution in [1.82, 2.24) is 10.3 Å². The Morgan fingerprint density at radius 2 is 2.29 bits per heavy atom. The number of nitrogens with one attached hydrogen (secondary N) is 1. The van der Waals surface area contributed by atoms with Crippen LogP contribution in [-0.2, 0) is 0 Å². The number of rotatable bonds is 6. The Labute approximate surface area is 102 Å². The number of hydrogen-bond donors (Lipinski definition) is 2. The highest BCUT2D eigenvalue weighted by atomic mass is 16.3. The Morgan fingerprint density at radius 3 is 2.88 bits per heavy atom. The third kappa shape index (κ3) is 4.19. The Balaban J connectivity index is 2.61. The van der Waals surface area contributed by atoms with Crippen molar-refractivity contribution in [2.45, 2.75) is 52.1 Å². The third-order valence-electron chi connectivity index (χ3n) is 2.36. The summed E-state index contributed by atoms with van der Waals surface area (Å²) < 4.78 is 5.23. The summed E-state index contributed by atoms with van der Waals surface area (Å²) in [5.74, 6) is 0.213. The fourth-order valence-electron chi connectivity index (χ4n) is 1.45. The summed E-state index contributed by atoms with van der Waals surface area (Å²) in [6.45, 7) is 5.89. The van der Waals surface area contributed by atoms with Gasteiger partial charge >= 0.3 is 0 Å². The van der Waals surface area contributed by atoms with Gasteiger partial charge in [0.15, 0.2) is 5.69 Å². The fourth-order valence-corrected chi connectivity index (χ4v) is 1.45. The quantitative estimate of drug-likeness (QED) is 0.795. The van der Waals surface area contributed by atoms with Crippen molar-refractivity contribution in [3.8, 4) is 0 Å². The van der Waals surface area contributed by atoms with Crippen LogP contribution in [0, 0.1) is 0 Å². The van der Waals surface area contributed by atoms with Crippen molar-refractivity contribution in [1.29, 1.82) is 0 Å². The molecule has 96 valence electrons. The maximum absolute atomic E-state index is 11.6. The molecule has 5 heteroatoms. The molecule has 0 aliphatic rings. The average Bonchev–Trinajstić information content (AvgIpc) is 2.74. The molecule has 0 fully saturated rings. The fraction of sp³-hybridized carbons (Fsp3) is 0.667. The first-order valence-electron chi connectivity index (χ1n) is 6.06. The van der Waals surface area contributed by atoms with E-state index in [9.17, 15) is 4.79 Å². The van der Waals surface area contributed by atoms with Gasteiger partial charge in [-0.1, -0.05) is 19.8 Å². The number of nitrogens with zero attached hydrogens (tertiary/aromatic N) is 1. The van der Waals surface area contributed by atoms with Crippen molar-refractivity contribution in [2.75, 3.05) is 0 Å². The van der Waals surface area contributed by atoms with E-state index in [-0.39, 0.29) is 18.0 Å². The van der Waals surface area contributed by atoms with Crippen molar-refractivity contribution in [3.63, 3.8) is 0 Å². The summed E-state index contributed by atoms with van der Waals surface area (Å²) in [6.07, 6.45) is 4.28. The normalized spacial score (nSPS) is 12.8. The second-order valence-corrected chi connectivity index (χ2v) is 4.45. The summed E-state index contributed by atoms with van der Waals surface area (Å²) in [5.41, 5.74) is 6.20. The molecule has 1 amide bonds. The van der Waals surface area contributed by atoms with Crippen molar-refractivity contribution in [2.24, 2.45) is 5.73 Å². The smallest absolute Gasteiger partial charge is 0.273 e. The topological polar surface area (TPSA) is 81.1 Å². The van der Waals surface area contributed by atoms with E-state index in [2.05, 4.69) is 17.2 Å². The van der Waals surface area contributed by atoms with Gasteiger partial charge in [0, 0.05) is 6.04 Å². The molecule has 3 N–H and O–H groups in total. The molecule has 0 spiro atoms. The van der Waals surface area contributed by atoms with Crippen molar-refractivity contribution in [3.05, 3.63) is 17.8 Å². The molecule has 5 nitrogen and oxygen atoms in total. The molecule has 0 aliphatic carbocycles. The first-order chi connectivity index (χ1) is 8.04. The number of carbonyl (C=O) groups excluding carboxylic acids is 1. The average molecular weight is 239 g/mol. The van der Waals surface area contributed by atoms with Crippen LogP contribution >= 0.6 is 0 Å². The first-order valence-corrected chi connectivity index (χ1v) is 6.06. The van der Waals surface area contributed by atoms with E-state index >= 15 is 0 Å². The standard InChI is InChI=1S/C12H21N3O2/c1-4-5-6-9(13)12-15-10(7-17-12)11(16)14-8(2)3/h7-9H,4-6,13H2,1-3H3,(H,14,16). The molecule has 0 saturated carbocycles. The highest BCUT2D eigenvalue weighted by molar-refractivity contribution is 5.92. The number of aromatic nitrogens is 1. The van der Waals surface area contributed by atoms with E-state index < -0.39 is 0 Å². The number of amides is 1. The van der Waals surface area contributed by atoms with E-state index in [1.54, 1.807) is 0 Å². The van der Waals surface area contributed by atoms with Crippen LogP contribution in [0.1, 0.15) is 62.5 Å². The monoisotopic (exact) mass is 239 g/mol. The van der Waals surface area contributed by atoms with Gasteiger partial charge in [0.25, 0.3) is 5.91 Å². The van der Waals surface area contributed by atoms with Crippen molar-refractivity contribution >= 4 is 5.91 Å². The first kappa shape index (κ1) is 13.7. The van der Waals surface area contributed by atoms with Gasteiger partial charge in [-0.25, -0.2) is 4.98 Å². The number of hydrogen-bond acceptors (Lipinski definition) is 4. The summed E-state index contributed by atoms with van der Waals surface area (Å²) in [5, 5.41) is 2.75. The molecule has 1 rings (SSSR count). The van der Waals surface area contributed by atoms with Crippen LogP contribution in [0.5, 0.6) is 0 Å². The highest BCUT2D eigenvalue weighted by Gasteiger charge is 2.16. The van der Waals surface area contributed by atoms with E-state index in [1.807, 2.05) is 13.8 Å². The van der Waals surface area contributed by atoms with Gasteiger partial charge in [-0.15, -0.1) is 0 Å². The summed E-state index contributed by atoms with van der Waals surface area (Å²) in [4.78, 5) is 15.7. The lowest BCUT2D eigenvalue weighted by molar-refractivity contribution is 0.0938. The number of unbranched alkanes of at least 4 members (excludes halogenated alkanes) is 1. The zero-order valence-electron chi connectivity index (χ0n) is 10.7. The Hall–Kier alpha value is -1.36. The Kier molecular flexibility index (Phi) is 5.15. The van der Waals surface area contributed by atoms with Crippen LogP contribution in [0.4, 0.5) is 0 Å². The highest BCUT2D eigenvalue weighted by Crippen LogP contribution is 2.16. The summed E-state index contributed by atoms with van der Waals surface area (Å²) in [6, 6.07) is -0.146. The maximum Gasteiger partial charge on any atom is 0.273 e. The maximum atomic E-state index is 11.6. The van der Waals surface area contributed by atoms with E-state index in [4.69, 9.17) is 10.2 Å². The predicted molar refractivity (Wildman–Crippen MR) is 65.6 cm³/mol. The minimum Gasteiger partial charge on any atom is -0.446 e. The lowest BCUT2D eigenvalue weighted by Gasteiger charge is -2.06. The Bertz CT molecular complexity index is 360. The predicted octanol–water partition coefficient (Wildman–Crippen LogP) is 2.00. The van der Waals surface area contributed by atoms with Crippen LogP contribution in [-0.4, -0.2) is 16.9 Å². The van der Waals surface area contributed by atoms with Gasteiger partial charge in [0.2, 0.25) is 5.89 Å². The zero-order chi connectivity index (χ0) is 12.8. The SMILES string of the molecule is CCCCC(N)c1nc(C(=O)NC(C)C)co1. The van der Waals surface area contributed by atoms with E-state index in [0.29, 0.717) is 11.6 Å². The molecule has 1 atom stereocenters. The van der Waals surface area contributed by atoms with Gasteiger partial charge in [0.05, 0.1) is 6.04 Å². The molecule has 0 saturated heterocycles. The number of nitrogens with two attached hydrogens (primary N) is 1. The zero-order valence-corrected chi connectivity index (χ0v) is 10.7. The lowest BCUT2D eigenvalue weighted by atomic mass is 10.1. The minimum atomic E-state index is -0.226. The second-order valence-electron chi connectivity index (χ2n) is 4.45. The van der Waals surface area contributed by atoms with Crippen LogP contribution in [0.25, 0.3) is 0 Å². The van der Waals surface area contributed by atoms with Crippen LogP contribution in [0.2, 0.25) is 0 Å². The van der Waals surface area contributed by atoms with Gasteiger partial charge in [-0.3, -0.25) is 4.79 Å². The molecular weight excluding hydrogens is 218 g/mol. The number of carbonyl (C=O) groups is 1. The molecule has 17 heavy (non-hydrogen) atoms. The van der Waals surface area contributed by atoms with Crippen LogP contribution in [0.3, 0.4) is 0 Å². The van der Waals surface area contributed by atoms with E-state index in [0.717, 1.165) is 19.3 Å². The van der Waals surface area contributed by atoms with Gasteiger partial charge < -0.3 is 15.5 Å². The van der Waals surface area contributed by atoms with Gasteiger partial charge in [-0.2, -0.15) is 0 Å². The molecule has 0 aliphatic heterocycles. The minimum absolute atomic E-state index is 0.0800. The molecule has 0 aromatic carbocycles. The molecular formula is C12H21N3O2. The molecule has 1 heterocycles. The molecule has 1 aromatic rings. The van der Waals surface area contributed by atoms with Crippen molar-refractivity contribution < 1.29 is 9.21 Å². The molecule has 0 radical (unpaired) electrons. The van der Waals surface area contributed by atoms with E-state index in [1.165, 1.54) is 6.26 Å². The second kappa shape index (κ2) is 6.39. The van der Waals surface area contributed by atoms with Crippen LogP contribution in [0.15, 0.2) is 10.7 Å².